The molecule has 10 nitrogen and oxygen atoms in total. The number of rotatable bonds is 5. The number of aryl methyl sites for hydroxylation is 1. The minimum atomic E-state index is -0.620. The molecule has 0 aliphatic carbocycles. The highest BCUT2D eigenvalue weighted by molar-refractivity contribution is 7.71. The molecule has 2 aromatic heterocycles. The summed E-state index contributed by atoms with van der Waals surface area (Å²) >= 11 is 5.17. The van der Waals surface area contributed by atoms with Gasteiger partial charge >= 0.3 is 5.69 Å². The molecule has 0 aliphatic heterocycles. The first-order chi connectivity index (χ1) is 13.2. The second kappa shape index (κ2) is 7.35. The Kier molecular flexibility index (Phi) is 5.10. The van der Waals surface area contributed by atoms with Crippen molar-refractivity contribution in [2.75, 3.05) is 5.43 Å². The molecule has 1 aromatic carbocycles. The van der Waals surface area contributed by atoms with E-state index in [2.05, 4.69) is 15.5 Å². The number of aromatic nitrogens is 4. The minimum Gasteiger partial charge on any atom is -0.330 e. The highest BCUT2D eigenvalue weighted by atomic mass is 32.1. The van der Waals surface area contributed by atoms with E-state index in [1.807, 2.05) is 0 Å². The second-order valence-corrected chi connectivity index (χ2v) is 6.84. The largest absolute Gasteiger partial charge is 0.330 e. The fraction of sp³-hybridized carbons (Fsp3) is 0.294. The van der Waals surface area contributed by atoms with E-state index in [9.17, 15) is 19.7 Å². The maximum absolute atomic E-state index is 12.6. The van der Waals surface area contributed by atoms with Crippen LogP contribution in [-0.4, -0.2) is 30.3 Å². The van der Waals surface area contributed by atoms with Crippen LogP contribution in [0, 0.1) is 34.7 Å². The van der Waals surface area contributed by atoms with E-state index in [1.54, 1.807) is 45.0 Å². The number of H-pyrrole nitrogens is 1. The van der Waals surface area contributed by atoms with Gasteiger partial charge in [0.05, 0.1) is 28.3 Å². The van der Waals surface area contributed by atoms with E-state index >= 15 is 0 Å². The van der Waals surface area contributed by atoms with Crippen LogP contribution in [0.15, 0.2) is 29.1 Å². The molecule has 2 heterocycles. The van der Waals surface area contributed by atoms with Gasteiger partial charge in [-0.05, 0) is 38.2 Å². The second-order valence-electron chi connectivity index (χ2n) is 6.45. The van der Waals surface area contributed by atoms with Gasteiger partial charge in [-0.2, -0.15) is 9.77 Å². The number of nitrogens with one attached hydrogen (secondary N) is 2. The molecule has 3 rings (SSSR count). The van der Waals surface area contributed by atoms with E-state index in [4.69, 9.17) is 12.2 Å². The van der Waals surface area contributed by atoms with Gasteiger partial charge in [-0.15, -0.1) is 0 Å². The predicted octanol–water partition coefficient (Wildman–Crippen LogP) is 2.19. The summed E-state index contributed by atoms with van der Waals surface area (Å²) in [6.45, 7) is 4.87. The number of amides is 1. The number of nitro groups is 1. The lowest BCUT2D eigenvalue weighted by atomic mass is 10.1. The van der Waals surface area contributed by atoms with Crippen LogP contribution in [0.4, 0.5) is 5.69 Å². The highest BCUT2D eigenvalue weighted by Crippen LogP contribution is 2.22. The molecular formula is C17H18N6O4S. The third kappa shape index (κ3) is 3.43. The van der Waals surface area contributed by atoms with Gasteiger partial charge in [0, 0.05) is 0 Å². The van der Waals surface area contributed by atoms with Crippen molar-refractivity contribution in [2.24, 2.45) is 5.92 Å². The molecule has 0 fully saturated rings. The smallest absolute Gasteiger partial charge is 0.312 e. The third-order valence-electron chi connectivity index (χ3n) is 4.45. The van der Waals surface area contributed by atoms with Crippen molar-refractivity contribution in [3.8, 4) is 0 Å². The normalized spacial score (nSPS) is 12.1. The first-order valence-electron chi connectivity index (χ1n) is 8.44. The number of fused-ring (bicyclic) bond motifs is 1. The van der Waals surface area contributed by atoms with Gasteiger partial charge < -0.3 is 4.98 Å². The summed E-state index contributed by atoms with van der Waals surface area (Å²) in [7, 11) is 0. The molecule has 0 radical (unpaired) electrons. The average Bonchev–Trinajstić information content (AvgIpc) is 2.91. The van der Waals surface area contributed by atoms with Crippen LogP contribution >= 0.6 is 12.2 Å². The Morgan fingerprint density at radius 3 is 2.71 bits per heavy atom. The summed E-state index contributed by atoms with van der Waals surface area (Å²) in [4.78, 5) is 38.7. The van der Waals surface area contributed by atoms with Gasteiger partial charge in [-0.1, -0.05) is 19.1 Å². The zero-order valence-electron chi connectivity index (χ0n) is 15.4. The molecule has 0 aliphatic rings. The van der Waals surface area contributed by atoms with Gasteiger partial charge in [0.15, 0.2) is 4.77 Å². The van der Waals surface area contributed by atoms with Crippen LogP contribution in [0.1, 0.15) is 18.3 Å². The Bertz CT molecular complexity index is 1210. The Morgan fingerprint density at radius 1 is 1.39 bits per heavy atom. The molecule has 11 heteroatoms. The van der Waals surface area contributed by atoms with Crippen LogP contribution in [0.5, 0.6) is 0 Å². The Hall–Kier alpha value is -3.34. The summed E-state index contributed by atoms with van der Waals surface area (Å²) in [6.07, 6.45) is 0. The van der Waals surface area contributed by atoms with Crippen LogP contribution in [0.2, 0.25) is 0 Å². The summed E-state index contributed by atoms with van der Waals surface area (Å²) in [5, 5.41) is 15.6. The SMILES string of the molecule is Cc1nn(C[C@@H](C)C(=O)Nn2c(=S)[nH]c3ccccc3c2=O)c(C)c1[N+](=O)[O-]. The van der Waals surface area contributed by atoms with Crippen molar-refractivity contribution >= 4 is 34.7 Å². The predicted molar refractivity (Wildman–Crippen MR) is 105 cm³/mol. The van der Waals surface area contributed by atoms with Crippen molar-refractivity contribution in [1.29, 1.82) is 0 Å². The van der Waals surface area contributed by atoms with E-state index in [-0.39, 0.29) is 22.7 Å². The Labute approximate surface area is 163 Å². The molecule has 0 bridgehead atoms. The zero-order chi connectivity index (χ0) is 20.6. The summed E-state index contributed by atoms with van der Waals surface area (Å²) in [6, 6.07) is 6.83. The van der Waals surface area contributed by atoms with E-state index in [1.165, 1.54) is 4.68 Å². The average molecular weight is 402 g/mol. The van der Waals surface area contributed by atoms with E-state index in [0.717, 1.165) is 4.68 Å². The van der Waals surface area contributed by atoms with Crippen molar-refractivity contribution in [3.05, 3.63) is 60.9 Å². The fourth-order valence-electron chi connectivity index (χ4n) is 2.96. The number of para-hydroxylation sites is 1. The number of hydrogen-bond donors (Lipinski definition) is 2. The van der Waals surface area contributed by atoms with Crippen LogP contribution in [0.25, 0.3) is 10.9 Å². The summed E-state index contributed by atoms with van der Waals surface area (Å²) < 4.78 is 2.47. The van der Waals surface area contributed by atoms with Crippen LogP contribution < -0.4 is 11.0 Å². The van der Waals surface area contributed by atoms with Gasteiger partial charge in [-0.3, -0.25) is 29.8 Å². The first-order valence-corrected chi connectivity index (χ1v) is 8.85. The van der Waals surface area contributed by atoms with Crippen molar-refractivity contribution in [3.63, 3.8) is 0 Å². The van der Waals surface area contributed by atoms with E-state index < -0.39 is 22.3 Å². The molecule has 3 aromatic rings. The number of carbonyl (C=O) groups is 1. The number of aromatic amines is 1. The topological polar surface area (TPSA) is 128 Å². The molecule has 0 unspecified atom stereocenters. The molecule has 1 atom stereocenters. The maximum Gasteiger partial charge on any atom is 0.312 e. The lowest BCUT2D eigenvalue weighted by Gasteiger charge is -2.15. The van der Waals surface area contributed by atoms with Crippen molar-refractivity contribution in [2.45, 2.75) is 27.3 Å². The first kappa shape index (κ1) is 19.4. The van der Waals surface area contributed by atoms with Gasteiger partial charge in [0.1, 0.15) is 11.4 Å². The van der Waals surface area contributed by atoms with Gasteiger partial charge in [-0.25, -0.2) is 0 Å². The number of hydrogen-bond acceptors (Lipinski definition) is 6. The molecule has 28 heavy (non-hydrogen) atoms. The lowest BCUT2D eigenvalue weighted by molar-refractivity contribution is -0.386. The zero-order valence-corrected chi connectivity index (χ0v) is 16.2. The monoisotopic (exact) mass is 402 g/mol. The summed E-state index contributed by atoms with van der Waals surface area (Å²) in [5.74, 6) is -1.09. The molecule has 1 amide bonds. The van der Waals surface area contributed by atoms with E-state index in [0.29, 0.717) is 16.6 Å². The minimum absolute atomic E-state index is 0.0611. The molecular weight excluding hydrogens is 384 g/mol. The molecule has 0 spiro atoms. The standard InChI is InChI=1S/C17H18N6O4S/c1-9(8-21-11(3)14(23(26)27)10(2)19-21)15(24)20-22-16(25)12-6-4-5-7-13(12)18-17(22)28/h4-7,9H,8H2,1-3H3,(H,18,28)(H,20,24)/t9-/m1/s1. The van der Waals surface area contributed by atoms with Gasteiger partial charge in [0.2, 0.25) is 5.91 Å². The van der Waals surface area contributed by atoms with Crippen molar-refractivity contribution in [1.82, 2.24) is 19.4 Å². The molecule has 0 saturated heterocycles. The Morgan fingerprint density at radius 2 is 2.07 bits per heavy atom. The van der Waals surface area contributed by atoms with Crippen LogP contribution in [0.3, 0.4) is 0 Å². The summed E-state index contributed by atoms with van der Waals surface area (Å²) in [5.41, 5.74) is 3.22. The highest BCUT2D eigenvalue weighted by Gasteiger charge is 2.24. The number of benzene rings is 1. The fourth-order valence-corrected chi connectivity index (χ4v) is 3.19. The Balaban J connectivity index is 1.85. The van der Waals surface area contributed by atoms with Crippen molar-refractivity contribution < 1.29 is 9.72 Å². The lowest BCUT2D eigenvalue weighted by Crippen LogP contribution is -2.38. The third-order valence-corrected chi connectivity index (χ3v) is 4.73. The van der Waals surface area contributed by atoms with Crippen LogP contribution in [-0.2, 0) is 11.3 Å². The molecule has 0 saturated carbocycles. The number of nitrogens with zero attached hydrogens (tertiary/aromatic N) is 4. The van der Waals surface area contributed by atoms with Gasteiger partial charge in [0.25, 0.3) is 5.56 Å². The molecule has 2 N–H and O–H groups in total. The number of carbonyl (C=O) groups excluding carboxylic acids is 1. The molecule has 146 valence electrons. The quantitative estimate of drug-likeness (QED) is 0.382. The maximum atomic E-state index is 12.6.